The number of hydrogen-bond donors (Lipinski definition) is 1. The summed E-state index contributed by atoms with van der Waals surface area (Å²) in [6.07, 6.45) is 3.93. The van der Waals surface area contributed by atoms with E-state index < -0.39 is 0 Å². The highest BCUT2D eigenvalue weighted by Gasteiger charge is 2.36. The molecule has 20 heavy (non-hydrogen) atoms. The van der Waals surface area contributed by atoms with Crippen LogP contribution < -0.4 is 5.32 Å². The summed E-state index contributed by atoms with van der Waals surface area (Å²) in [4.78, 5) is 2.53. The lowest BCUT2D eigenvalue weighted by Crippen LogP contribution is -2.40. The molecule has 0 radical (unpaired) electrons. The first-order chi connectivity index (χ1) is 9.63. The van der Waals surface area contributed by atoms with Gasteiger partial charge >= 0.3 is 0 Å². The predicted octanol–water partition coefficient (Wildman–Crippen LogP) is 3.37. The second kappa shape index (κ2) is 5.90. The van der Waals surface area contributed by atoms with Gasteiger partial charge in [-0.2, -0.15) is 0 Å². The maximum absolute atomic E-state index is 6.06. The highest BCUT2D eigenvalue weighted by molar-refractivity contribution is 5.17. The van der Waals surface area contributed by atoms with Gasteiger partial charge in [-0.15, -0.1) is 0 Å². The van der Waals surface area contributed by atoms with Crippen molar-refractivity contribution in [2.75, 3.05) is 13.1 Å². The van der Waals surface area contributed by atoms with Crippen molar-refractivity contribution in [3.8, 4) is 0 Å². The molecule has 0 amide bonds. The average Bonchev–Trinajstić information content (AvgIpc) is 2.87. The SMILES string of the molecule is CC1CC1c1ccc(CN(CC2CCCN2)C(C)C)o1. The lowest BCUT2D eigenvalue weighted by molar-refractivity contribution is 0.178. The van der Waals surface area contributed by atoms with Crippen molar-refractivity contribution in [2.24, 2.45) is 5.92 Å². The monoisotopic (exact) mass is 276 g/mol. The van der Waals surface area contributed by atoms with Gasteiger partial charge in [0.05, 0.1) is 6.54 Å². The predicted molar refractivity (Wildman–Crippen MR) is 81.8 cm³/mol. The molecule has 0 spiro atoms. The smallest absolute Gasteiger partial charge is 0.118 e. The Morgan fingerprint density at radius 1 is 1.40 bits per heavy atom. The first kappa shape index (κ1) is 14.2. The van der Waals surface area contributed by atoms with Crippen LogP contribution in [0.15, 0.2) is 16.5 Å². The standard InChI is InChI=1S/C17H28N2O/c1-12(2)19(10-14-5-4-8-18-14)11-15-6-7-17(20-15)16-9-13(16)3/h6-7,12-14,16,18H,4-5,8-11H2,1-3H3. The van der Waals surface area contributed by atoms with Crippen LogP contribution in [0.25, 0.3) is 0 Å². The van der Waals surface area contributed by atoms with E-state index in [1.165, 1.54) is 31.6 Å². The molecule has 1 N–H and O–H groups in total. The van der Waals surface area contributed by atoms with Gasteiger partial charge in [0.2, 0.25) is 0 Å². The van der Waals surface area contributed by atoms with Gasteiger partial charge in [-0.3, -0.25) is 4.90 Å². The van der Waals surface area contributed by atoms with Crippen LogP contribution in [0.1, 0.15) is 57.5 Å². The third-order valence-corrected chi connectivity index (χ3v) is 4.86. The van der Waals surface area contributed by atoms with E-state index in [-0.39, 0.29) is 0 Å². The molecular weight excluding hydrogens is 248 g/mol. The van der Waals surface area contributed by atoms with Gasteiger partial charge in [-0.05, 0) is 57.7 Å². The molecule has 2 fully saturated rings. The minimum Gasteiger partial charge on any atom is -0.464 e. The fraction of sp³-hybridized carbons (Fsp3) is 0.765. The largest absolute Gasteiger partial charge is 0.464 e. The molecular formula is C17H28N2O. The second-order valence-electron chi connectivity index (χ2n) is 6.94. The summed E-state index contributed by atoms with van der Waals surface area (Å²) in [6, 6.07) is 5.59. The van der Waals surface area contributed by atoms with Crippen molar-refractivity contribution in [3.63, 3.8) is 0 Å². The Hall–Kier alpha value is -0.800. The van der Waals surface area contributed by atoms with Crippen molar-refractivity contribution in [3.05, 3.63) is 23.7 Å². The molecule has 3 heteroatoms. The van der Waals surface area contributed by atoms with Crippen LogP contribution in [0.5, 0.6) is 0 Å². The van der Waals surface area contributed by atoms with E-state index >= 15 is 0 Å². The molecule has 1 saturated heterocycles. The van der Waals surface area contributed by atoms with E-state index in [2.05, 4.69) is 43.1 Å². The minimum atomic E-state index is 0.561. The lowest BCUT2D eigenvalue weighted by atomic mass is 10.2. The van der Waals surface area contributed by atoms with Crippen LogP contribution in [-0.2, 0) is 6.54 Å². The van der Waals surface area contributed by atoms with Gasteiger partial charge in [0.1, 0.15) is 11.5 Å². The molecule has 0 bridgehead atoms. The van der Waals surface area contributed by atoms with E-state index in [9.17, 15) is 0 Å². The molecule has 3 nitrogen and oxygen atoms in total. The van der Waals surface area contributed by atoms with E-state index in [0.717, 1.165) is 24.8 Å². The highest BCUT2D eigenvalue weighted by atomic mass is 16.3. The van der Waals surface area contributed by atoms with Crippen molar-refractivity contribution in [1.82, 2.24) is 10.2 Å². The number of nitrogens with one attached hydrogen (secondary N) is 1. The number of rotatable bonds is 6. The molecule has 0 aromatic carbocycles. The summed E-state index contributed by atoms with van der Waals surface area (Å²) >= 11 is 0. The summed E-state index contributed by atoms with van der Waals surface area (Å²) in [6.45, 7) is 10.1. The number of nitrogens with zero attached hydrogens (tertiary/aromatic N) is 1. The first-order valence-corrected chi connectivity index (χ1v) is 8.19. The Morgan fingerprint density at radius 3 is 2.80 bits per heavy atom. The molecule has 2 heterocycles. The zero-order valence-electron chi connectivity index (χ0n) is 13.1. The van der Waals surface area contributed by atoms with Crippen LogP contribution >= 0.6 is 0 Å². The summed E-state index contributed by atoms with van der Waals surface area (Å²) in [5, 5.41) is 3.59. The minimum absolute atomic E-state index is 0.561. The van der Waals surface area contributed by atoms with Crippen molar-refractivity contribution in [2.45, 2.75) is 64.6 Å². The fourth-order valence-corrected chi connectivity index (χ4v) is 3.25. The third-order valence-electron chi connectivity index (χ3n) is 4.86. The van der Waals surface area contributed by atoms with Crippen LogP contribution in [0.4, 0.5) is 0 Å². The normalized spacial score (nSPS) is 29.6. The maximum Gasteiger partial charge on any atom is 0.118 e. The van der Waals surface area contributed by atoms with Gasteiger partial charge in [0.15, 0.2) is 0 Å². The van der Waals surface area contributed by atoms with Crippen molar-refractivity contribution < 1.29 is 4.42 Å². The number of hydrogen-bond acceptors (Lipinski definition) is 3. The van der Waals surface area contributed by atoms with E-state index in [4.69, 9.17) is 4.42 Å². The van der Waals surface area contributed by atoms with E-state index in [0.29, 0.717) is 18.0 Å². The summed E-state index contributed by atoms with van der Waals surface area (Å²) < 4.78 is 6.06. The number of furan rings is 1. The Bertz CT molecular complexity index is 434. The molecule has 3 rings (SSSR count). The molecule has 1 aliphatic carbocycles. The van der Waals surface area contributed by atoms with Crippen molar-refractivity contribution in [1.29, 1.82) is 0 Å². The summed E-state index contributed by atoms with van der Waals surface area (Å²) in [5.41, 5.74) is 0. The highest BCUT2D eigenvalue weighted by Crippen LogP contribution is 2.47. The van der Waals surface area contributed by atoms with Crippen LogP contribution in [-0.4, -0.2) is 30.1 Å². The fourth-order valence-electron chi connectivity index (χ4n) is 3.25. The molecule has 112 valence electrons. The quantitative estimate of drug-likeness (QED) is 0.863. The lowest BCUT2D eigenvalue weighted by Gasteiger charge is -2.28. The van der Waals surface area contributed by atoms with E-state index in [1.807, 2.05) is 0 Å². The summed E-state index contributed by atoms with van der Waals surface area (Å²) in [7, 11) is 0. The Balaban J connectivity index is 1.59. The van der Waals surface area contributed by atoms with Gasteiger partial charge in [0, 0.05) is 24.5 Å². The second-order valence-corrected chi connectivity index (χ2v) is 6.94. The maximum atomic E-state index is 6.06. The third kappa shape index (κ3) is 3.26. The zero-order chi connectivity index (χ0) is 14.1. The van der Waals surface area contributed by atoms with Crippen LogP contribution in [0.3, 0.4) is 0 Å². The molecule has 1 aromatic rings. The van der Waals surface area contributed by atoms with Gasteiger partial charge in [0.25, 0.3) is 0 Å². The van der Waals surface area contributed by atoms with Gasteiger partial charge in [-0.1, -0.05) is 6.92 Å². The van der Waals surface area contributed by atoms with Gasteiger partial charge in [-0.25, -0.2) is 0 Å². The Morgan fingerprint density at radius 2 is 2.20 bits per heavy atom. The van der Waals surface area contributed by atoms with Crippen LogP contribution in [0, 0.1) is 5.92 Å². The average molecular weight is 276 g/mol. The summed E-state index contributed by atoms with van der Waals surface area (Å²) in [5.74, 6) is 3.84. The van der Waals surface area contributed by atoms with E-state index in [1.54, 1.807) is 0 Å². The van der Waals surface area contributed by atoms with Gasteiger partial charge < -0.3 is 9.73 Å². The molecule has 3 atom stereocenters. The molecule has 1 aromatic heterocycles. The van der Waals surface area contributed by atoms with Crippen LogP contribution in [0.2, 0.25) is 0 Å². The first-order valence-electron chi connectivity index (χ1n) is 8.19. The molecule has 1 saturated carbocycles. The molecule has 2 aliphatic rings. The Labute approximate surface area is 122 Å². The zero-order valence-corrected chi connectivity index (χ0v) is 13.1. The molecule has 3 unspecified atom stereocenters. The van der Waals surface area contributed by atoms with Crippen molar-refractivity contribution >= 4 is 0 Å². The Kier molecular flexibility index (Phi) is 4.18. The topological polar surface area (TPSA) is 28.4 Å². The molecule has 1 aliphatic heterocycles.